The Balaban J connectivity index is 1.64. The molecule has 1 aromatic carbocycles. The highest BCUT2D eigenvalue weighted by Crippen LogP contribution is 2.37. The summed E-state index contributed by atoms with van der Waals surface area (Å²) in [5.41, 5.74) is 8.29. The Morgan fingerprint density at radius 1 is 1.07 bits per heavy atom. The maximum atomic E-state index is 9.21. The quantitative estimate of drug-likeness (QED) is 0.589. The Kier molecular flexibility index (Phi) is 3.98. The molecule has 0 bridgehead atoms. The van der Waals surface area contributed by atoms with Gasteiger partial charge in [-0.05, 0) is 55.7 Å². The number of aryl methyl sites for hydroxylation is 3. The van der Waals surface area contributed by atoms with Gasteiger partial charge in [-0.15, -0.1) is 0 Å². The van der Waals surface area contributed by atoms with Crippen molar-refractivity contribution in [1.82, 2.24) is 19.5 Å². The molecule has 1 atom stereocenters. The number of aromatic nitrogens is 4. The molecular formula is C23H22N4O. The Morgan fingerprint density at radius 3 is 2.75 bits per heavy atom. The lowest BCUT2D eigenvalue weighted by molar-refractivity contribution is 0.277. The molecule has 5 heteroatoms. The molecule has 0 amide bonds. The predicted octanol–water partition coefficient (Wildman–Crippen LogP) is 4.14. The topological polar surface area (TPSA) is 63.8 Å². The number of rotatable bonds is 3. The first-order valence-electron chi connectivity index (χ1n) is 9.65. The van der Waals surface area contributed by atoms with Crippen LogP contribution in [-0.2, 0) is 13.0 Å². The molecule has 0 saturated heterocycles. The van der Waals surface area contributed by atoms with Crippen molar-refractivity contribution in [3.05, 3.63) is 76.9 Å². The summed E-state index contributed by atoms with van der Waals surface area (Å²) in [6.45, 7) is 4.27. The number of aliphatic hydroxyl groups is 1. The molecule has 0 fully saturated rings. The van der Waals surface area contributed by atoms with Crippen LogP contribution in [0.4, 0.5) is 0 Å². The first kappa shape index (κ1) is 17.1. The van der Waals surface area contributed by atoms with Gasteiger partial charge in [-0.1, -0.05) is 23.8 Å². The van der Waals surface area contributed by atoms with E-state index in [0.717, 1.165) is 41.1 Å². The molecule has 4 heterocycles. The fraction of sp³-hybridized carbons (Fsp3) is 0.261. The van der Waals surface area contributed by atoms with Crippen LogP contribution in [0.3, 0.4) is 0 Å². The Bertz CT molecular complexity index is 1180. The molecule has 1 unspecified atom stereocenters. The SMILES string of the molecule is Cc1ccc(C)c(C2CCc3nc4ccc(-c5ccc(CO)nc5)nc4n32)c1. The van der Waals surface area contributed by atoms with Crippen LogP contribution in [-0.4, -0.2) is 24.6 Å². The first-order chi connectivity index (χ1) is 13.6. The fourth-order valence-corrected chi connectivity index (χ4v) is 4.16. The minimum Gasteiger partial charge on any atom is -0.390 e. The second kappa shape index (κ2) is 6.53. The lowest BCUT2D eigenvalue weighted by Crippen LogP contribution is -2.08. The van der Waals surface area contributed by atoms with Crippen molar-refractivity contribution in [3.8, 4) is 11.3 Å². The van der Waals surface area contributed by atoms with Crippen molar-refractivity contribution >= 4 is 11.2 Å². The number of nitrogens with zero attached hydrogens (tertiary/aromatic N) is 4. The summed E-state index contributed by atoms with van der Waals surface area (Å²) in [4.78, 5) is 14.1. The molecule has 0 aliphatic carbocycles. The van der Waals surface area contributed by atoms with Crippen LogP contribution < -0.4 is 0 Å². The summed E-state index contributed by atoms with van der Waals surface area (Å²) in [5.74, 6) is 1.11. The van der Waals surface area contributed by atoms with Gasteiger partial charge >= 0.3 is 0 Å². The summed E-state index contributed by atoms with van der Waals surface area (Å²) in [6, 6.07) is 14.8. The van der Waals surface area contributed by atoms with E-state index in [1.54, 1.807) is 6.20 Å². The molecule has 5 nitrogen and oxygen atoms in total. The van der Waals surface area contributed by atoms with Crippen molar-refractivity contribution in [3.63, 3.8) is 0 Å². The average molecular weight is 370 g/mol. The van der Waals surface area contributed by atoms with Crippen LogP contribution in [0.25, 0.3) is 22.4 Å². The molecule has 1 aliphatic rings. The van der Waals surface area contributed by atoms with Crippen LogP contribution >= 0.6 is 0 Å². The third-order valence-corrected chi connectivity index (χ3v) is 5.64. The minimum absolute atomic E-state index is 0.0552. The molecule has 28 heavy (non-hydrogen) atoms. The highest BCUT2D eigenvalue weighted by Gasteiger charge is 2.29. The fourth-order valence-electron chi connectivity index (χ4n) is 4.16. The Hall–Kier alpha value is -3.05. The van der Waals surface area contributed by atoms with Gasteiger partial charge in [-0.3, -0.25) is 4.98 Å². The smallest absolute Gasteiger partial charge is 0.161 e. The molecule has 0 spiro atoms. The zero-order valence-electron chi connectivity index (χ0n) is 16.1. The van der Waals surface area contributed by atoms with Crippen molar-refractivity contribution in [2.75, 3.05) is 0 Å². The molecular weight excluding hydrogens is 348 g/mol. The van der Waals surface area contributed by atoms with Crippen LogP contribution in [0.15, 0.2) is 48.7 Å². The van der Waals surface area contributed by atoms with E-state index >= 15 is 0 Å². The normalized spacial score (nSPS) is 15.9. The van der Waals surface area contributed by atoms with E-state index in [2.05, 4.69) is 41.6 Å². The molecule has 3 aromatic heterocycles. The summed E-state index contributed by atoms with van der Waals surface area (Å²) in [5, 5.41) is 9.21. The molecule has 4 aromatic rings. The highest BCUT2D eigenvalue weighted by molar-refractivity contribution is 5.76. The molecule has 0 saturated carbocycles. The second-order valence-electron chi connectivity index (χ2n) is 7.55. The molecule has 1 aliphatic heterocycles. The van der Waals surface area contributed by atoms with Gasteiger partial charge in [0.2, 0.25) is 0 Å². The van der Waals surface area contributed by atoms with Crippen molar-refractivity contribution in [2.24, 2.45) is 0 Å². The van der Waals surface area contributed by atoms with Gasteiger partial charge in [-0.2, -0.15) is 0 Å². The maximum Gasteiger partial charge on any atom is 0.161 e. The zero-order valence-corrected chi connectivity index (χ0v) is 16.1. The number of benzene rings is 1. The average Bonchev–Trinajstić information content (AvgIpc) is 3.29. The van der Waals surface area contributed by atoms with E-state index in [-0.39, 0.29) is 12.6 Å². The minimum atomic E-state index is -0.0552. The number of aliphatic hydroxyl groups excluding tert-OH is 1. The van der Waals surface area contributed by atoms with Gasteiger partial charge in [-0.25, -0.2) is 9.97 Å². The predicted molar refractivity (Wildman–Crippen MR) is 109 cm³/mol. The van der Waals surface area contributed by atoms with E-state index in [1.807, 2.05) is 24.3 Å². The number of fused-ring (bicyclic) bond motifs is 3. The van der Waals surface area contributed by atoms with Crippen LogP contribution in [0, 0.1) is 13.8 Å². The largest absolute Gasteiger partial charge is 0.390 e. The van der Waals surface area contributed by atoms with Crippen LogP contribution in [0.5, 0.6) is 0 Å². The number of imidazole rings is 1. The van der Waals surface area contributed by atoms with Gasteiger partial charge in [0.1, 0.15) is 11.3 Å². The van der Waals surface area contributed by atoms with Crippen LogP contribution in [0.2, 0.25) is 0 Å². The van der Waals surface area contributed by atoms with Crippen molar-refractivity contribution < 1.29 is 5.11 Å². The van der Waals surface area contributed by atoms with Gasteiger partial charge in [0, 0.05) is 18.2 Å². The number of hydrogen-bond donors (Lipinski definition) is 1. The van der Waals surface area contributed by atoms with E-state index in [4.69, 9.17) is 9.97 Å². The van der Waals surface area contributed by atoms with E-state index in [9.17, 15) is 5.11 Å². The second-order valence-corrected chi connectivity index (χ2v) is 7.55. The van der Waals surface area contributed by atoms with Gasteiger partial charge < -0.3 is 9.67 Å². The maximum absolute atomic E-state index is 9.21. The van der Waals surface area contributed by atoms with E-state index < -0.39 is 0 Å². The summed E-state index contributed by atoms with van der Waals surface area (Å²) >= 11 is 0. The lowest BCUT2D eigenvalue weighted by Gasteiger charge is -2.18. The monoisotopic (exact) mass is 370 g/mol. The van der Waals surface area contributed by atoms with Crippen molar-refractivity contribution in [1.29, 1.82) is 0 Å². The van der Waals surface area contributed by atoms with E-state index in [0.29, 0.717) is 5.69 Å². The molecule has 1 N–H and O–H groups in total. The third-order valence-electron chi connectivity index (χ3n) is 5.64. The van der Waals surface area contributed by atoms with Gasteiger partial charge in [0.15, 0.2) is 5.65 Å². The summed E-state index contributed by atoms with van der Waals surface area (Å²) in [7, 11) is 0. The number of hydrogen-bond acceptors (Lipinski definition) is 4. The molecule has 140 valence electrons. The number of pyridine rings is 2. The lowest BCUT2D eigenvalue weighted by atomic mass is 9.97. The Morgan fingerprint density at radius 2 is 1.96 bits per heavy atom. The van der Waals surface area contributed by atoms with E-state index in [1.165, 1.54) is 16.7 Å². The van der Waals surface area contributed by atoms with Crippen molar-refractivity contribution in [2.45, 2.75) is 39.3 Å². The highest BCUT2D eigenvalue weighted by atomic mass is 16.3. The Labute approximate surface area is 163 Å². The first-order valence-corrected chi connectivity index (χ1v) is 9.65. The zero-order chi connectivity index (χ0) is 19.3. The third kappa shape index (κ3) is 2.70. The van der Waals surface area contributed by atoms with Gasteiger partial charge in [0.05, 0.1) is 24.0 Å². The standard InChI is InChI=1S/C23H22N4O/c1-14-3-4-15(2)18(11-14)21-9-10-22-25-20-8-7-19(26-23(20)27(21)22)16-5-6-17(13-28)24-12-16/h3-8,11-12,21,28H,9-10,13H2,1-2H3. The van der Waals surface area contributed by atoms with Gasteiger partial charge in [0.25, 0.3) is 0 Å². The summed E-state index contributed by atoms with van der Waals surface area (Å²) in [6.07, 6.45) is 3.79. The summed E-state index contributed by atoms with van der Waals surface area (Å²) < 4.78 is 2.32. The van der Waals surface area contributed by atoms with Crippen LogP contribution in [0.1, 0.15) is 40.7 Å². The molecule has 5 rings (SSSR count). The molecule has 0 radical (unpaired) electrons.